The first-order valence-corrected chi connectivity index (χ1v) is 9.06. The van der Waals surface area contributed by atoms with Crippen LogP contribution in [0.15, 0.2) is 66.9 Å². The van der Waals surface area contributed by atoms with E-state index < -0.39 is 0 Å². The second kappa shape index (κ2) is 8.66. The molecular weight excluding hydrogens is 443 g/mol. The van der Waals surface area contributed by atoms with Crippen molar-refractivity contribution in [2.24, 2.45) is 0 Å². The van der Waals surface area contributed by atoms with Crippen LogP contribution in [0.3, 0.4) is 0 Å². The number of carbonyl (C=O) groups excluding carboxylic acids is 1. The standard InChI is InChI=1S/C20H17IN2O3/c1-14-12-15(21)5-10-18(14)23-19(24)13-25-16-6-8-17(9-7-16)26-20-4-2-3-11-22-20/h2-12H,13H2,1H3,(H,23,24). The average Bonchev–Trinajstić information content (AvgIpc) is 2.64. The van der Waals surface area contributed by atoms with Gasteiger partial charge in [-0.3, -0.25) is 4.79 Å². The molecule has 1 N–H and O–H groups in total. The molecule has 0 spiro atoms. The number of hydrogen-bond acceptors (Lipinski definition) is 4. The van der Waals surface area contributed by atoms with Gasteiger partial charge in [0.25, 0.3) is 5.91 Å². The zero-order valence-corrected chi connectivity index (χ0v) is 16.3. The highest BCUT2D eigenvalue weighted by Crippen LogP contribution is 2.22. The molecule has 132 valence electrons. The highest BCUT2D eigenvalue weighted by Gasteiger charge is 2.07. The number of hydrogen-bond donors (Lipinski definition) is 1. The maximum atomic E-state index is 12.1. The van der Waals surface area contributed by atoms with Crippen molar-refractivity contribution < 1.29 is 14.3 Å². The van der Waals surface area contributed by atoms with Gasteiger partial charge in [0.15, 0.2) is 6.61 Å². The van der Waals surface area contributed by atoms with Crippen LogP contribution in [0, 0.1) is 10.5 Å². The predicted molar refractivity (Wildman–Crippen MR) is 109 cm³/mol. The van der Waals surface area contributed by atoms with Gasteiger partial charge < -0.3 is 14.8 Å². The molecule has 0 radical (unpaired) electrons. The van der Waals surface area contributed by atoms with Crippen molar-refractivity contribution in [3.63, 3.8) is 0 Å². The van der Waals surface area contributed by atoms with Gasteiger partial charge in [-0.1, -0.05) is 6.07 Å². The third-order valence-corrected chi connectivity index (χ3v) is 4.19. The lowest BCUT2D eigenvalue weighted by Crippen LogP contribution is -2.20. The van der Waals surface area contributed by atoms with Crippen molar-refractivity contribution in [1.29, 1.82) is 0 Å². The second-order valence-electron chi connectivity index (χ2n) is 5.54. The number of aromatic nitrogens is 1. The number of ether oxygens (including phenoxy) is 2. The summed E-state index contributed by atoms with van der Waals surface area (Å²) in [6.07, 6.45) is 1.67. The Bertz CT molecular complexity index is 883. The Morgan fingerprint density at radius 3 is 2.54 bits per heavy atom. The Hall–Kier alpha value is -2.61. The summed E-state index contributed by atoms with van der Waals surface area (Å²) in [6.45, 7) is 1.89. The molecule has 0 fully saturated rings. The summed E-state index contributed by atoms with van der Waals surface area (Å²) in [5.74, 6) is 1.56. The Morgan fingerprint density at radius 2 is 1.85 bits per heavy atom. The number of halogens is 1. The summed E-state index contributed by atoms with van der Waals surface area (Å²) >= 11 is 2.24. The molecule has 0 saturated heterocycles. The first-order valence-electron chi connectivity index (χ1n) is 7.98. The molecule has 3 rings (SSSR count). The molecule has 3 aromatic rings. The summed E-state index contributed by atoms with van der Waals surface area (Å²) in [5, 5.41) is 2.85. The topological polar surface area (TPSA) is 60.5 Å². The zero-order chi connectivity index (χ0) is 18.4. The monoisotopic (exact) mass is 460 g/mol. The Kier molecular flexibility index (Phi) is 6.06. The van der Waals surface area contributed by atoms with Crippen molar-refractivity contribution in [1.82, 2.24) is 4.98 Å². The number of amides is 1. The first kappa shape index (κ1) is 18.2. The molecule has 26 heavy (non-hydrogen) atoms. The van der Waals surface area contributed by atoms with E-state index in [0.717, 1.165) is 14.8 Å². The quantitative estimate of drug-likeness (QED) is 0.537. The van der Waals surface area contributed by atoms with Crippen LogP contribution < -0.4 is 14.8 Å². The van der Waals surface area contributed by atoms with Crippen molar-refractivity contribution in [3.05, 3.63) is 76.0 Å². The van der Waals surface area contributed by atoms with Gasteiger partial charge in [-0.2, -0.15) is 0 Å². The van der Waals surface area contributed by atoms with E-state index in [9.17, 15) is 4.79 Å². The minimum absolute atomic E-state index is 0.0636. The number of aryl methyl sites for hydroxylation is 1. The van der Waals surface area contributed by atoms with Crippen LogP contribution in [-0.2, 0) is 4.79 Å². The fourth-order valence-corrected chi connectivity index (χ4v) is 2.88. The molecule has 2 aromatic carbocycles. The normalized spacial score (nSPS) is 10.2. The number of nitrogens with one attached hydrogen (secondary N) is 1. The zero-order valence-electron chi connectivity index (χ0n) is 14.1. The number of pyridine rings is 1. The van der Waals surface area contributed by atoms with Crippen LogP contribution in [0.4, 0.5) is 5.69 Å². The van der Waals surface area contributed by atoms with Gasteiger partial charge in [0.2, 0.25) is 5.88 Å². The molecule has 0 atom stereocenters. The van der Waals surface area contributed by atoms with Crippen LogP contribution in [0.1, 0.15) is 5.56 Å². The molecule has 5 nitrogen and oxygen atoms in total. The predicted octanol–water partition coefficient (Wildman–Crippen LogP) is 4.80. The third-order valence-electron chi connectivity index (χ3n) is 3.52. The van der Waals surface area contributed by atoms with E-state index in [2.05, 4.69) is 32.9 Å². The van der Waals surface area contributed by atoms with E-state index in [-0.39, 0.29) is 12.5 Å². The molecule has 0 bridgehead atoms. The highest BCUT2D eigenvalue weighted by molar-refractivity contribution is 14.1. The van der Waals surface area contributed by atoms with Gasteiger partial charge in [0.05, 0.1) is 0 Å². The van der Waals surface area contributed by atoms with E-state index in [1.54, 1.807) is 36.5 Å². The fraction of sp³-hybridized carbons (Fsp3) is 0.100. The number of nitrogens with zero attached hydrogens (tertiary/aromatic N) is 1. The SMILES string of the molecule is Cc1cc(I)ccc1NC(=O)COc1ccc(Oc2ccccn2)cc1. The average molecular weight is 460 g/mol. The summed E-state index contributed by atoms with van der Waals surface area (Å²) in [5.41, 5.74) is 1.80. The lowest BCUT2D eigenvalue weighted by atomic mass is 10.2. The van der Waals surface area contributed by atoms with E-state index >= 15 is 0 Å². The number of carbonyl (C=O) groups is 1. The van der Waals surface area contributed by atoms with Crippen LogP contribution in [0.25, 0.3) is 0 Å². The van der Waals surface area contributed by atoms with Crippen molar-refractivity contribution in [2.75, 3.05) is 11.9 Å². The van der Waals surface area contributed by atoms with Crippen molar-refractivity contribution in [2.45, 2.75) is 6.92 Å². The molecule has 1 amide bonds. The lowest BCUT2D eigenvalue weighted by Gasteiger charge is -2.10. The Labute approximate surface area is 165 Å². The van der Waals surface area contributed by atoms with E-state index in [1.165, 1.54) is 0 Å². The molecule has 0 aliphatic heterocycles. The van der Waals surface area contributed by atoms with E-state index in [0.29, 0.717) is 17.4 Å². The summed E-state index contributed by atoms with van der Waals surface area (Å²) in [6, 6.07) is 18.3. The molecular formula is C20H17IN2O3. The van der Waals surface area contributed by atoms with Gasteiger partial charge in [0, 0.05) is 21.5 Å². The van der Waals surface area contributed by atoms with Crippen LogP contribution in [0.2, 0.25) is 0 Å². The minimum Gasteiger partial charge on any atom is -0.484 e. The van der Waals surface area contributed by atoms with Gasteiger partial charge >= 0.3 is 0 Å². The van der Waals surface area contributed by atoms with Gasteiger partial charge in [-0.15, -0.1) is 0 Å². The third kappa shape index (κ3) is 5.19. The molecule has 6 heteroatoms. The maximum Gasteiger partial charge on any atom is 0.262 e. The van der Waals surface area contributed by atoms with Crippen LogP contribution >= 0.6 is 22.6 Å². The largest absolute Gasteiger partial charge is 0.484 e. The number of benzene rings is 2. The first-order chi connectivity index (χ1) is 12.6. The Balaban J connectivity index is 1.52. The smallest absolute Gasteiger partial charge is 0.262 e. The summed E-state index contributed by atoms with van der Waals surface area (Å²) in [4.78, 5) is 16.2. The van der Waals surface area contributed by atoms with E-state index in [1.807, 2.05) is 37.3 Å². The van der Waals surface area contributed by atoms with Gasteiger partial charge in [-0.25, -0.2) is 4.98 Å². The van der Waals surface area contributed by atoms with Gasteiger partial charge in [-0.05, 0) is 83.6 Å². The maximum absolute atomic E-state index is 12.1. The number of rotatable bonds is 6. The molecule has 0 saturated carbocycles. The van der Waals surface area contributed by atoms with Crippen LogP contribution in [-0.4, -0.2) is 17.5 Å². The van der Waals surface area contributed by atoms with E-state index in [4.69, 9.17) is 9.47 Å². The highest BCUT2D eigenvalue weighted by atomic mass is 127. The minimum atomic E-state index is -0.205. The molecule has 0 unspecified atom stereocenters. The summed E-state index contributed by atoms with van der Waals surface area (Å²) in [7, 11) is 0. The lowest BCUT2D eigenvalue weighted by molar-refractivity contribution is -0.118. The summed E-state index contributed by atoms with van der Waals surface area (Å²) < 4.78 is 12.3. The van der Waals surface area contributed by atoms with Crippen molar-refractivity contribution >= 4 is 34.2 Å². The second-order valence-corrected chi connectivity index (χ2v) is 6.78. The van der Waals surface area contributed by atoms with Crippen LogP contribution in [0.5, 0.6) is 17.4 Å². The molecule has 1 aromatic heterocycles. The molecule has 1 heterocycles. The molecule has 0 aliphatic rings. The van der Waals surface area contributed by atoms with Gasteiger partial charge in [0.1, 0.15) is 11.5 Å². The fourth-order valence-electron chi connectivity index (χ4n) is 2.23. The van der Waals surface area contributed by atoms with Crippen molar-refractivity contribution in [3.8, 4) is 17.4 Å². The Morgan fingerprint density at radius 1 is 1.08 bits per heavy atom. The molecule has 0 aliphatic carbocycles. The number of anilines is 1.